The maximum atomic E-state index is 12.0. The lowest BCUT2D eigenvalue weighted by Gasteiger charge is -2.11. The van der Waals surface area contributed by atoms with Gasteiger partial charge in [0.2, 0.25) is 0 Å². The summed E-state index contributed by atoms with van der Waals surface area (Å²) in [5.41, 5.74) is 2.89. The number of phenolic OH excluding ortho intramolecular Hbond substituents is 1. The van der Waals surface area contributed by atoms with E-state index in [1.165, 1.54) is 0 Å². The van der Waals surface area contributed by atoms with Gasteiger partial charge in [0.1, 0.15) is 5.75 Å². The van der Waals surface area contributed by atoms with Gasteiger partial charge in [0, 0.05) is 25.5 Å². The van der Waals surface area contributed by atoms with Gasteiger partial charge in [-0.3, -0.25) is 0 Å². The second kappa shape index (κ2) is 8.01. The first kappa shape index (κ1) is 16.6. The summed E-state index contributed by atoms with van der Waals surface area (Å²) in [6.07, 6.45) is 4.25. The average Bonchev–Trinajstić information content (AvgIpc) is 3.15. The summed E-state index contributed by atoms with van der Waals surface area (Å²) in [6.45, 7) is 0.907. The molecule has 0 saturated carbocycles. The van der Waals surface area contributed by atoms with Crippen molar-refractivity contribution in [3.63, 3.8) is 0 Å². The van der Waals surface area contributed by atoms with Gasteiger partial charge in [-0.1, -0.05) is 30.3 Å². The van der Waals surface area contributed by atoms with E-state index in [4.69, 9.17) is 0 Å². The molecule has 0 aliphatic heterocycles. The van der Waals surface area contributed by atoms with Crippen molar-refractivity contribution in [3.8, 4) is 11.4 Å². The largest absolute Gasteiger partial charge is 0.508 e. The topological polar surface area (TPSA) is 79.2 Å². The molecule has 0 aliphatic rings. The number of benzene rings is 2. The van der Waals surface area contributed by atoms with Crippen LogP contribution in [0.25, 0.3) is 5.69 Å². The highest BCUT2D eigenvalue weighted by molar-refractivity contribution is 5.74. The smallest absolute Gasteiger partial charge is 0.315 e. The number of aromatic nitrogens is 2. The second-order valence-corrected chi connectivity index (χ2v) is 5.61. The maximum Gasteiger partial charge on any atom is 0.315 e. The Kier molecular flexibility index (Phi) is 5.31. The minimum atomic E-state index is -0.226. The average molecular weight is 336 g/mol. The van der Waals surface area contributed by atoms with Crippen LogP contribution in [0, 0.1) is 0 Å². The van der Waals surface area contributed by atoms with E-state index in [1.807, 2.05) is 42.6 Å². The Morgan fingerprint density at radius 3 is 2.76 bits per heavy atom. The predicted octanol–water partition coefficient (Wildman–Crippen LogP) is 2.62. The quantitative estimate of drug-likeness (QED) is 0.647. The molecule has 0 aliphatic carbocycles. The summed E-state index contributed by atoms with van der Waals surface area (Å²) < 4.78 is 1.77. The highest BCUT2D eigenvalue weighted by Gasteiger charge is 2.06. The molecule has 1 aromatic heterocycles. The van der Waals surface area contributed by atoms with E-state index in [-0.39, 0.29) is 11.8 Å². The fraction of sp³-hybridized carbons (Fsp3) is 0.158. The van der Waals surface area contributed by atoms with Crippen molar-refractivity contribution in [3.05, 3.63) is 78.1 Å². The molecule has 0 radical (unpaired) electrons. The van der Waals surface area contributed by atoms with Gasteiger partial charge in [-0.25, -0.2) is 9.48 Å². The Bertz CT molecular complexity index is 831. The number of rotatable bonds is 6. The maximum absolute atomic E-state index is 12.0. The molecular weight excluding hydrogens is 316 g/mol. The minimum Gasteiger partial charge on any atom is -0.508 e. The molecule has 0 bridgehead atoms. The number of amides is 2. The summed E-state index contributed by atoms with van der Waals surface area (Å²) in [7, 11) is 0. The van der Waals surface area contributed by atoms with Gasteiger partial charge in [-0.05, 0) is 41.8 Å². The van der Waals surface area contributed by atoms with Gasteiger partial charge in [-0.15, -0.1) is 0 Å². The number of urea groups is 1. The zero-order chi connectivity index (χ0) is 17.5. The van der Waals surface area contributed by atoms with Gasteiger partial charge in [0.15, 0.2) is 0 Å². The van der Waals surface area contributed by atoms with Crippen molar-refractivity contribution in [2.24, 2.45) is 0 Å². The Labute approximate surface area is 146 Å². The van der Waals surface area contributed by atoms with E-state index < -0.39 is 0 Å². The lowest BCUT2D eigenvalue weighted by atomic mass is 10.1. The molecule has 3 aromatic rings. The van der Waals surface area contributed by atoms with Crippen molar-refractivity contribution in [1.29, 1.82) is 0 Å². The number of aromatic hydroxyl groups is 1. The molecule has 128 valence electrons. The van der Waals surface area contributed by atoms with Crippen molar-refractivity contribution < 1.29 is 9.90 Å². The van der Waals surface area contributed by atoms with Crippen LogP contribution in [0.4, 0.5) is 4.79 Å². The Morgan fingerprint density at radius 2 is 1.96 bits per heavy atom. The number of phenols is 1. The third kappa shape index (κ3) is 4.60. The molecule has 2 aromatic carbocycles. The second-order valence-electron chi connectivity index (χ2n) is 5.61. The molecule has 6 heteroatoms. The first-order chi connectivity index (χ1) is 12.2. The molecule has 6 nitrogen and oxygen atoms in total. The SMILES string of the molecule is O=C(NCCc1cccc(O)c1)NCc1ccccc1-n1cccn1. The van der Waals surface area contributed by atoms with Crippen LogP contribution in [0.2, 0.25) is 0 Å². The van der Waals surface area contributed by atoms with Gasteiger partial charge in [0.05, 0.1) is 5.69 Å². The van der Waals surface area contributed by atoms with E-state index in [0.29, 0.717) is 19.5 Å². The highest BCUT2D eigenvalue weighted by atomic mass is 16.3. The van der Waals surface area contributed by atoms with Crippen LogP contribution in [0.3, 0.4) is 0 Å². The molecule has 0 unspecified atom stereocenters. The lowest BCUT2D eigenvalue weighted by Crippen LogP contribution is -2.36. The van der Waals surface area contributed by atoms with Crippen molar-refractivity contribution in [2.45, 2.75) is 13.0 Å². The van der Waals surface area contributed by atoms with Crippen molar-refractivity contribution >= 4 is 6.03 Å². The summed E-state index contributed by atoms with van der Waals surface area (Å²) in [5.74, 6) is 0.233. The van der Waals surface area contributed by atoms with Gasteiger partial charge in [0.25, 0.3) is 0 Å². The van der Waals surface area contributed by atoms with Crippen LogP contribution < -0.4 is 10.6 Å². The molecular formula is C19H20N4O2. The highest BCUT2D eigenvalue weighted by Crippen LogP contribution is 2.13. The van der Waals surface area contributed by atoms with E-state index >= 15 is 0 Å². The third-order valence-corrected chi connectivity index (χ3v) is 3.79. The van der Waals surface area contributed by atoms with Crippen LogP contribution in [-0.2, 0) is 13.0 Å². The normalized spacial score (nSPS) is 10.4. The molecule has 0 fully saturated rings. The zero-order valence-corrected chi connectivity index (χ0v) is 13.7. The van der Waals surface area contributed by atoms with Crippen molar-refractivity contribution in [2.75, 3.05) is 6.54 Å². The first-order valence-corrected chi connectivity index (χ1v) is 8.10. The lowest BCUT2D eigenvalue weighted by molar-refractivity contribution is 0.240. The molecule has 3 rings (SSSR count). The number of nitrogens with zero attached hydrogens (tertiary/aromatic N) is 2. The van der Waals surface area contributed by atoms with E-state index in [1.54, 1.807) is 29.1 Å². The molecule has 0 saturated heterocycles. The zero-order valence-electron chi connectivity index (χ0n) is 13.7. The Balaban J connectivity index is 1.50. The van der Waals surface area contributed by atoms with Gasteiger partial charge in [-0.2, -0.15) is 5.10 Å². The number of carbonyl (C=O) groups is 1. The fourth-order valence-electron chi connectivity index (χ4n) is 2.57. The molecule has 2 amide bonds. The Morgan fingerprint density at radius 1 is 1.08 bits per heavy atom. The molecule has 1 heterocycles. The summed E-state index contributed by atoms with van der Waals surface area (Å²) in [5, 5.41) is 19.3. The number of hydrogen-bond donors (Lipinski definition) is 3. The first-order valence-electron chi connectivity index (χ1n) is 8.10. The summed E-state index contributed by atoms with van der Waals surface area (Å²) >= 11 is 0. The number of carbonyl (C=O) groups excluding carboxylic acids is 1. The molecule has 0 atom stereocenters. The number of hydrogen-bond acceptors (Lipinski definition) is 3. The van der Waals surface area contributed by atoms with Crippen molar-refractivity contribution in [1.82, 2.24) is 20.4 Å². The van der Waals surface area contributed by atoms with Crippen LogP contribution >= 0.6 is 0 Å². The van der Waals surface area contributed by atoms with Crippen LogP contribution in [0.1, 0.15) is 11.1 Å². The Hall–Kier alpha value is -3.28. The number of nitrogens with one attached hydrogen (secondary N) is 2. The number of para-hydroxylation sites is 1. The van der Waals surface area contributed by atoms with E-state index in [2.05, 4.69) is 15.7 Å². The van der Waals surface area contributed by atoms with Crippen LogP contribution in [-0.4, -0.2) is 27.5 Å². The third-order valence-electron chi connectivity index (χ3n) is 3.79. The molecule has 25 heavy (non-hydrogen) atoms. The van der Waals surface area contributed by atoms with Crippen LogP contribution in [0.5, 0.6) is 5.75 Å². The van der Waals surface area contributed by atoms with E-state index in [0.717, 1.165) is 16.8 Å². The fourth-order valence-corrected chi connectivity index (χ4v) is 2.57. The van der Waals surface area contributed by atoms with E-state index in [9.17, 15) is 9.90 Å². The monoisotopic (exact) mass is 336 g/mol. The predicted molar refractivity (Wildman–Crippen MR) is 95.6 cm³/mol. The van der Waals surface area contributed by atoms with Gasteiger partial charge < -0.3 is 15.7 Å². The standard InChI is InChI=1S/C19H20N4O2/c24-17-7-3-5-15(13-17)9-11-20-19(25)21-14-16-6-1-2-8-18(16)23-12-4-10-22-23/h1-8,10,12-13,24H,9,11,14H2,(H2,20,21,25). The molecule has 3 N–H and O–H groups in total. The van der Waals surface area contributed by atoms with Crippen LogP contribution in [0.15, 0.2) is 67.0 Å². The minimum absolute atomic E-state index is 0.226. The summed E-state index contributed by atoms with van der Waals surface area (Å²) in [4.78, 5) is 12.0. The molecule has 0 spiro atoms. The van der Waals surface area contributed by atoms with Gasteiger partial charge >= 0.3 is 6.03 Å². The summed E-state index contributed by atoms with van der Waals surface area (Å²) in [6, 6.07) is 16.5.